The van der Waals surface area contributed by atoms with Gasteiger partial charge in [0, 0.05) is 50.6 Å². The number of urea groups is 1. The number of ether oxygens (including phenoxy) is 17. The van der Waals surface area contributed by atoms with Gasteiger partial charge in [0.1, 0.15) is 23.5 Å². The molecular formula is C68H113N13O24. The summed E-state index contributed by atoms with van der Waals surface area (Å²) >= 11 is 0. The number of primary amides is 1. The highest BCUT2D eigenvalue weighted by Crippen LogP contribution is 2.21. The van der Waals surface area contributed by atoms with Crippen molar-refractivity contribution in [3.05, 3.63) is 65.3 Å². The molecule has 0 spiro atoms. The Morgan fingerprint density at radius 1 is 0.495 bits per heavy atom. The highest BCUT2D eigenvalue weighted by Gasteiger charge is 2.30. The van der Waals surface area contributed by atoms with Crippen LogP contribution in [0.1, 0.15) is 60.4 Å². The number of hydrogen-bond acceptors (Lipinski definition) is 28. The number of amides is 8. The lowest BCUT2D eigenvalue weighted by molar-refractivity contribution is -0.138. The molecule has 37 nitrogen and oxygen atoms in total. The summed E-state index contributed by atoms with van der Waals surface area (Å²) in [5, 5.41) is 28.2. The van der Waals surface area contributed by atoms with Crippen molar-refractivity contribution in [2.45, 2.75) is 78.3 Å². The minimum absolute atomic E-state index is 0.00144. The van der Waals surface area contributed by atoms with Crippen molar-refractivity contribution in [2.75, 3.05) is 244 Å². The summed E-state index contributed by atoms with van der Waals surface area (Å²) in [4.78, 5) is 94.0. The van der Waals surface area contributed by atoms with Gasteiger partial charge in [0.05, 0.1) is 257 Å². The van der Waals surface area contributed by atoms with Gasteiger partial charge in [-0.25, -0.2) is 14.2 Å². The van der Waals surface area contributed by atoms with E-state index >= 15 is 0 Å². The van der Waals surface area contributed by atoms with E-state index in [4.69, 9.17) is 86.3 Å². The van der Waals surface area contributed by atoms with Crippen molar-refractivity contribution in [3.63, 3.8) is 0 Å². The molecule has 594 valence electrons. The number of nitrogens with one attached hydrogen (secondary N) is 4. The monoisotopic (exact) mass is 1500 g/mol. The molecule has 37 heteroatoms. The molecule has 3 heterocycles. The third-order valence-electron chi connectivity index (χ3n) is 14.9. The maximum absolute atomic E-state index is 14.9. The first-order valence-corrected chi connectivity index (χ1v) is 35.5. The van der Waals surface area contributed by atoms with Crippen LogP contribution in [0.4, 0.5) is 10.5 Å². The smallest absolute Gasteiger partial charge is 0.312 e. The zero-order chi connectivity index (χ0) is 75.6. The Hall–Kier alpha value is -7.15. The van der Waals surface area contributed by atoms with Gasteiger partial charge in [-0.05, 0) is 43.4 Å². The van der Waals surface area contributed by atoms with Gasteiger partial charge in [-0.2, -0.15) is 0 Å². The molecule has 0 unspecified atom stereocenters. The van der Waals surface area contributed by atoms with Crippen molar-refractivity contribution < 1.29 is 114 Å². The van der Waals surface area contributed by atoms with Crippen LogP contribution in [0.2, 0.25) is 0 Å². The zero-order valence-electron chi connectivity index (χ0n) is 61.7. The molecule has 8 amide bonds. The number of benzene rings is 1. The molecule has 0 fully saturated rings. The molecule has 1 aliphatic rings. The highest BCUT2D eigenvalue weighted by molar-refractivity contribution is 6.12. The van der Waals surface area contributed by atoms with Crippen LogP contribution in [0.5, 0.6) is 0 Å². The average Bonchev–Trinajstić information content (AvgIpc) is 1.65. The van der Waals surface area contributed by atoms with Gasteiger partial charge in [0.15, 0.2) is 0 Å². The number of rotatable bonds is 69. The van der Waals surface area contributed by atoms with Crippen molar-refractivity contribution in [1.82, 2.24) is 55.7 Å². The fourth-order valence-corrected chi connectivity index (χ4v) is 9.31. The summed E-state index contributed by atoms with van der Waals surface area (Å²) in [6.45, 7) is 19.0. The number of aromatic nitrogens is 6. The van der Waals surface area contributed by atoms with E-state index in [2.05, 4.69) is 41.9 Å². The molecule has 1 aromatic carbocycles. The predicted octanol–water partition coefficient (Wildman–Crippen LogP) is -0.110. The van der Waals surface area contributed by atoms with Gasteiger partial charge in [-0.15, -0.1) is 10.2 Å². The molecule has 105 heavy (non-hydrogen) atoms. The van der Waals surface area contributed by atoms with E-state index in [0.717, 1.165) is 17.1 Å². The van der Waals surface area contributed by atoms with Crippen LogP contribution in [0.25, 0.3) is 0 Å². The number of imide groups is 1. The molecule has 0 bridgehead atoms. The Kier molecular flexibility index (Phi) is 50.7. The summed E-state index contributed by atoms with van der Waals surface area (Å²) in [5.74, 6) is -3.61. The largest absolute Gasteiger partial charge is 0.382 e. The lowest BCUT2D eigenvalue weighted by Crippen LogP contribution is -2.54. The maximum atomic E-state index is 14.9. The van der Waals surface area contributed by atoms with Crippen LogP contribution in [0, 0.1) is 12.8 Å². The Labute approximate surface area is 614 Å². The minimum atomic E-state index is -1.19. The van der Waals surface area contributed by atoms with Crippen LogP contribution >= 0.6 is 0 Å². The van der Waals surface area contributed by atoms with Crippen molar-refractivity contribution in [1.29, 1.82) is 0 Å². The second kappa shape index (κ2) is 59.0. The van der Waals surface area contributed by atoms with E-state index in [-0.39, 0.29) is 69.9 Å². The summed E-state index contributed by atoms with van der Waals surface area (Å²) in [6, 6.07) is 1.77. The van der Waals surface area contributed by atoms with Crippen LogP contribution in [0.15, 0.2) is 42.7 Å². The summed E-state index contributed by atoms with van der Waals surface area (Å²) in [5.41, 5.74) is 7.25. The topological polar surface area (TPSA) is 418 Å². The number of nitrogens with two attached hydrogens (primary N) is 1. The van der Waals surface area contributed by atoms with Crippen molar-refractivity contribution in [2.24, 2.45) is 11.7 Å². The summed E-state index contributed by atoms with van der Waals surface area (Å²) in [6.07, 6.45) is 5.86. The maximum Gasteiger partial charge on any atom is 0.312 e. The van der Waals surface area contributed by atoms with Crippen molar-refractivity contribution in [3.8, 4) is 0 Å². The van der Waals surface area contributed by atoms with E-state index in [1.165, 1.54) is 11.0 Å². The first-order chi connectivity index (χ1) is 51.2. The van der Waals surface area contributed by atoms with Gasteiger partial charge in [-0.3, -0.25) is 33.7 Å². The van der Waals surface area contributed by atoms with Gasteiger partial charge in [-0.1, -0.05) is 30.3 Å². The Balaban J connectivity index is 1.28. The van der Waals surface area contributed by atoms with Crippen LogP contribution < -0.4 is 27.0 Å². The minimum Gasteiger partial charge on any atom is -0.382 e. The molecule has 0 saturated carbocycles. The van der Waals surface area contributed by atoms with E-state index < -0.39 is 59.5 Å². The van der Waals surface area contributed by atoms with Gasteiger partial charge in [0.2, 0.25) is 17.7 Å². The Bertz CT molecular complexity index is 2770. The molecule has 6 N–H and O–H groups in total. The zero-order valence-corrected chi connectivity index (χ0v) is 61.7. The standard InChI is InChI=1S/C68H113N13O24/c1-54(2)64(73-61(82)12-17-91-20-16-81-62(83)10-11-63(81)84)66(86)72-60(7-6-13-70-68(69)88)65(85)71-56-9-8-55(3)59(49-56)67(87)78(50-57-52-79(76-74-57)14-18-92-25-27-96-33-35-100-41-43-104-47-45-102-39-37-98-31-29-94-23-21-89-4)51-58-53-80(77-75-58)15-19-93-26-28-97-34-36-101-42-44-105-48-46-103-40-38-99-32-30-95-24-22-90-5/h8-11,49,52-54,60,64H,6-7,12-48,50-51H2,1-5H3,(H,71,85)(H,72,86)(H,73,82)(H3,69,70,88)/t60-,64-/m0/s1. The van der Waals surface area contributed by atoms with Crippen molar-refractivity contribution >= 4 is 47.2 Å². The number of anilines is 1. The number of carbonyl (C=O) groups excluding carboxylic acids is 7. The first-order valence-electron chi connectivity index (χ1n) is 35.5. The van der Waals surface area contributed by atoms with Crippen LogP contribution in [-0.4, -0.2) is 332 Å². The normalized spacial score (nSPS) is 12.8. The van der Waals surface area contributed by atoms with Crippen LogP contribution in [-0.2, 0) is 131 Å². The van der Waals surface area contributed by atoms with Crippen LogP contribution in [0.3, 0.4) is 0 Å². The molecule has 3 aromatic rings. The fraction of sp³-hybridized carbons (Fsp3) is 0.721. The number of carbonyl (C=O) groups is 7. The van der Waals surface area contributed by atoms with Gasteiger partial charge < -0.3 is 112 Å². The van der Waals surface area contributed by atoms with Gasteiger partial charge >= 0.3 is 6.03 Å². The lowest BCUT2D eigenvalue weighted by atomic mass is 10.0. The molecule has 4 rings (SSSR count). The predicted molar refractivity (Wildman–Crippen MR) is 375 cm³/mol. The Morgan fingerprint density at radius 2 is 0.876 bits per heavy atom. The molecule has 0 aliphatic carbocycles. The third-order valence-corrected chi connectivity index (χ3v) is 14.9. The first kappa shape index (κ1) is 90.2. The number of methoxy groups -OCH3 is 2. The third kappa shape index (κ3) is 43.3. The molecule has 2 atom stereocenters. The summed E-state index contributed by atoms with van der Waals surface area (Å²) in [7, 11) is 3.25. The van der Waals surface area contributed by atoms with E-state index in [1.807, 2.05) is 0 Å². The molecule has 0 radical (unpaired) electrons. The second-order valence-electron chi connectivity index (χ2n) is 23.5. The van der Waals surface area contributed by atoms with E-state index in [9.17, 15) is 33.6 Å². The second-order valence-corrected chi connectivity index (χ2v) is 23.5. The lowest BCUT2D eigenvalue weighted by Gasteiger charge is -2.26. The number of aryl methyl sites for hydroxylation is 1. The SMILES string of the molecule is COCCOCCOCCOCCOCCOCCOCCOCCn1cc(CN(Cc2cn(CCOCCOCCOCCOCCOCCOCCOCCOC)nn2)C(=O)c2cc(NC(=O)[C@H](CCCNC(N)=O)NC(=O)[C@@H](NC(=O)CCOCCN3C(=O)C=CC3=O)C(C)C)ccc2C)nn1. The molecular weight excluding hydrogens is 1380 g/mol. The number of nitrogens with zero attached hydrogens (tertiary/aromatic N) is 8. The average molecular weight is 1500 g/mol. The Morgan fingerprint density at radius 3 is 1.27 bits per heavy atom. The number of hydrogen-bond donors (Lipinski definition) is 5. The summed E-state index contributed by atoms with van der Waals surface area (Å²) < 4.78 is 96.3. The molecule has 0 saturated heterocycles. The quantitative estimate of drug-likeness (QED) is 0.0363. The highest BCUT2D eigenvalue weighted by atomic mass is 16.6. The van der Waals surface area contributed by atoms with E-state index in [0.29, 0.717) is 228 Å². The fourth-order valence-electron chi connectivity index (χ4n) is 9.31. The molecule has 1 aliphatic heterocycles. The van der Waals surface area contributed by atoms with Gasteiger partial charge in [0.25, 0.3) is 17.7 Å². The molecule has 2 aromatic heterocycles. The van der Waals surface area contributed by atoms with E-state index in [1.54, 1.807) is 68.9 Å².